The maximum Gasteiger partial charge on any atom is 0.0671 e. The molecule has 1 aromatic carbocycles. The van der Waals surface area contributed by atoms with Crippen LogP contribution >= 0.6 is 11.6 Å². The summed E-state index contributed by atoms with van der Waals surface area (Å²) in [6, 6.07) is 7.29. The molecule has 3 N–H and O–H groups in total. The minimum atomic E-state index is 0.639. The van der Waals surface area contributed by atoms with E-state index in [4.69, 9.17) is 17.4 Å². The average molecular weight is 217 g/mol. The van der Waals surface area contributed by atoms with Crippen molar-refractivity contribution in [2.75, 3.05) is 5.43 Å². The SMILES string of the molecule is CC.CCC.NNc1ccccc1Cl. The summed E-state index contributed by atoms with van der Waals surface area (Å²) in [5, 5.41) is 0.639. The lowest BCUT2D eigenvalue weighted by molar-refractivity contribution is 1.09. The fourth-order valence-electron chi connectivity index (χ4n) is 0.578. The molecule has 0 heterocycles. The Balaban J connectivity index is 0. The highest BCUT2D eigenvalue weighted by Gasteiger charge is 1.91. The van der Waals surface area contributed by atoms with Crippen molar-refractivity contribution in [1.82, 2.24) is 0 Å². The van der Waals surface area contributed by atoms with Gasteiger partial charge in [-0.05, 0) is 12.1 Å². The van der Waals surface area contributed by atoms with Gasteiger partial charge >= 0.3 is 0 Å². The number of para-hydroxylation sites is 1. The van der Waals surface area contributed by atoms with Crippen LogP contribution in [0.15, 0.2) is 24.3 Å². The molecule has 0 fully saturated rings. The van der Waals surface area contributed by atoms with Gasteiger partial charge in [-0.2, -0.15) is 0 Å². The normalized spacial score (nSPS) is 7.57. The van der Waals surface area contributed by atoms with Crippen molar-refractivity contribution in [2.24, 2.45) is 5.84 Å². The highest BCUT2D eigenvalue weighted by molar-refractivity contribution is 6.33. The molecule has 2 nitrogen and oxygen atoms in total. The third-order valence-electron chi connectivity index (χ3n) is 1.03. The van der Waals surface area contributed by atoms with Crippen LogP contribution in [0.3, 0.4) is 0 Å². The van der Waals surface area contributed by atoms with Crippen LogP contribution < -0.4 is 11.3 Å². The molecule has 0 spiro atoms. The Hall–Kier alpha value is -0.730. The second-order valence-electron chi connectivity index (χ2n) is 2.33. The van der Waals surface area contributed by atoms with E-state index in [1.165, 1.54) is 6.42 Å². The van der Waals surface area contributed by atoms with Crippen molar-refractivity contribution in [3.63, 3.8) is 0 Å². The molecule has 0 unspecified atom stereocenters. The van der Waals surface area contributed by atoms with Gasteiger partial charge in [-0.1, -0.05) is 57.8 Å². The van der Waals surface area contributed by atoms with Gasteiger partial charge in [0.2, 0.25) is 0 Å². The molecule has 14 heavy (non-hydrogen) atoms. The number of hydrogen-bond donors (Lipinski definition) is 2. The van der Waals surface area contributed by atoms with Crippen molar-refractivity contribution >= 4 is 17.3 Å². The van der Waals surface area contributed by atoms with Gasteiger partial charge in [-0.15, -0.1) is 0 Å². The van der Waals surface area contributed by atoms with Gasteiger partial charge in [0, 0.05) is 0 Å². The minimum absolute atomic E-state index is 0.639. The second kappa shape index (κ2) is 12.3. The number of hydrazine groups is 1. The van der Waals surface area contributed by atoms with E-state index in [2.05, 4.69) is 19.3 Å². The van der Waals surface area contributed by atoms with E-state index < -0.39 is 0 Å². The van der Waals surface area contributed by atoms with E-state index in [1.54, 1.807) is 6.07 Å². The smallest absolute Gasteiger partial charge is 0.0671 e. The lowest BCUT2D eigenvalue weighted by Crippen LogP contribution is -2.06. The number of halogens is 1. The molecular weight excluding hydrogens is 196 g/mol. The molecule has 0 aromatic heterocycles. The molecule has 3 heteroatoms. The monoisotopic (exact) mass is 216 g/mol. The molecule has 0 aliphatic rings. The lowest BCUT2D eigenvalue weighted by atomic mass is 10.3. The first-order valence-corrected chi connectivity index (χ1v) is 5.35. The van der Waals surface area contributed by atoms with Crippen LogP contribution in [0.25, 0.3) is 0 Å². The maximum absolute atomic E-state index is 5.68. The number of anilines is 1. The van der Waals surface area contributed by atoms with Crippen LogP contribution in [0.4, 0.5) is 5.69 Å². The number of nitrogen functional groups attached to an aromatic ring is 1. The second-order valence-corrected chi connectivity index (χ2v) is 2.74. The molecule has 0 aliphatic carbocycles. The highest BCUT2D eigenvalue weighted by atomic mass is 35.5. The summed E-state index contributed by atoms with van der Waals surface area (Å²) in [5.41, 5.74) is 3.21. The van der Waals surface area contributed by atoms with Gasteiger partial charge in [0.05, 0.1) is 10.7 Å². The summed E-state index contributed by atoms with van der Waals surface area (Å²) < 4.78 is 0. The number of nitrogens with one attached hydrogen (secondary N) is 1. The molecule has 0 amide bonds. The van der Waals surface area contributed by atoms with Crippen LogP contribution in [-0.2, 0) is 0 Å². The summed E-state index contributed by atoms with van der Waals surface area (Å²) in [7, 11) is 0. The fraction of sp³-hybridized carbons (Fsp3) is 0.455. The molecule has 0 saturated heterocycles. The van der Waals surface area contributed by atoms with E-state index in [-0.39, 0.29) is 0 Å². The van der Waals surface area contributed by atoms with Crippen molar-refractivity contribution in [3.05, 3.63) is 29.3 Å². The Morgan fingerprint density at radius 2 is 1.64 bits per heavy atom. The van der Waals surface area contributed by atoms with E-state index in [0.29, 0.717) is 5.02 Å². The van der Waals surface area contributed by atoms with Crippen LogP contribution in [0.5, 0.6) is 0 Å². The zero-order valence-corrected chi connectivity index (χ0v) is 10.2. The van der Waals surface area contributed by atoms with Crippen molar-refractivity contribution in [2.45, 2.75) is 34.1 Å². The minimum Gasteiger partial charge on any atom is -0.323 e. The molecule has 0 atom stereocenters. The zero-order chi connectivity index (χ0) is 11.4. The van der Waals surface area contributed by atoms with Gasteiger partial charge in [0.15, 0.2) is 0 Å². The molecular formula is C11H21ClN2. The van der Waals surface area contributed by atoms with Crippen LogP contribution in [-0.4, -0.2) is 0 Å². The third-order valence-corrected chi connectivity index (χ3v) is 1.36. The maximum atomic E-state index is 5.68. The Labute approximate surface area is 92.4 Å². The van der Waals surface area contributed by atoms with E-state index in [1.807, 2.05) is 32.0 Å². The molecule has 1 aromatic rings. The third kappa shape index (κ3) is 7.90. The Kier molecular flexibility index (Phi) is 13.8. The first-order chi connectivity index (χ1) is 6.76. The summed E-state index contributed by atoms with van der Waals surface area (Å²) in [5.74, 6) is 5.12. The number of rotatable bonds is 1. The number of nitrogens with two attached hydrogens (primary N) is 1. The van der Waals surface area contributed by atoms with Crippen LogP contribution in [0.2, 0.25) is 5.02 Å². The first kappa shape index (κ1) is 15.7. The van der Waals surface area contributed by atoms with Gasteiger partial charge in [0.25, 0.3) is 0 Å². The standard InChI is InChI=1S/C6H7ClN2.C3H8.C2H6/c7-5-3-1-2-4-6(5)9-8;1-3-2;1-2/h1-4,9H,8H2;3H2,1-2H3;1-2H3. The quantitative estimate of drug-likeness (QED) is 0.549. The lowest BCUT2D eigenvalue weighted by Gasteiger charge is -1.99. The van der Waals surface area contributed by atoms with Crippen LogP contribution in [0, 0.1) is 0 Å². The molecule has 82 valence electrons. The van der Waals surface area contributed by atoms with E-state index in [0.717, 1.165) is 5.69 Å². The fourth-order valence-corrected chi connectivity index (χ4v) is 0.769. The molecule has 0 aliphatic heterocycles. The average Bonchev–Trinajstić information content (AvgIpc) is 2.23. The van der Waals surface area contributed by atoms with Gasteiger partial charge in [-0.3, -0.25) is 5.84 Å². The summed E-state index contributed by atoms with van der Waals surface area (Å²) in [6.07, 6.45) is 1.25. The molecule has 0 radical (unpaired) electrons. The predicted molar refractivity (Wildman–Crippen MR) is 66.6 cm³/mol. The molecule has 0 bridgehead atoms. The number of benzene rings is 1. The summed E-state index contributed by atoms with van der Waals surface area (Å²) in [6.45, 7) is 8.25. The van der Waals surface area contributed by atoms with Crippen molar-refractivity contribution < 1.29 is 0 Å². The van der Waals surface area contributed by atoms with Crippen molar-refractivity contribution in [3.8, 4) is 0 Å². The zero-order valence-electron chi connectivity index (χ0n) is 9.47. The Bertz CT molecular complexity index is 214. The number of hydrogen-bond acceptors (Lipinski definition) is 2. The van der Waals surface area contributed by atoms with Gasteiger partial charge < -0.3 is 5.43 Å². The summed E-state index contributed by atoms with van der Waals surface area (Å²) >= 11 is 5.68. The topological polar surface area (TPSA) is 38.0 Å². The van der Waals surface area contributed by atoms with Gasteiger partial charge in [0.1, 0.15) is 0 Å². The van der Waals surface area contributed by atoms with Gasteiger partial charge in [-0.25, -0.2) is 0 Å². The first-order valence-electron chi connectivity index (χ1n) is 4.97. The predicted octanol–water partition coefficient (Wildman–Crippen LogP) is 4.07. The van der Waals surface area contributed by atoms with E-state index in [9.17, 15) is 0 Å². The van der Waals surface area contributed by atoms with Crippen molar-refractivity contribution in [1.29, 1.82) is 0 Å². The Morgan fingerprint density at radius 3 is 1.93 bits per heavy atom. The highest BCUT2D eigenvalue weighted by Crippen LogP contribution is 2.18. The summed E-state index contributed by atoms with van der Waals surface area (Å²) in [4.78, 5) is 0. The Morgan fingerprint density at radius 1 is 1.21 bits per heavy atom. The van der Waals surface area contributed by atoms with Crippen LogP contribution in [0.1, 0.15) is 34.1 Å². The molecule has 1 rings (SSSR count). The molecule has 0 saturated carbocycles. The largest absolute Gasteiger partial charge is 0.323 e. The van der Waals surface area contributed by atoms with E-state index >= 15 is 0 Å².